The molecule has 2 heterocycles. The maximum absolute atomic E-state index is 12.5. The van der Waals surface area contributed by atoms with E-state index in [1.165, 1.54) is 0 Å². The number of carbonyl (C=O) groups is 1. The Kier molecular flexibility index (Phi) is 5.20. The molecule has 3 rings (SSSR count). The Morgan fingerprint density at radius 2 is 1.96 bits per heavy atom. The molecule has 1 aromatic heterocycles. The van der Waals surface area contributed by atoms with Crippen LogP contribution in [0.15, 0.2) is 4.52 Å². The summed E-state index contributed by atoms with van der Waals surface area (Å²) in [5.41, 5.74) is 0. The second kappa shape index (κ2) is 7.19. The Bertz CT molecular complexity index is 560. The number of carbonyl (C=O) groups excluding carboxylic acids is 1. The summed E-state index contributed by atoms with van der Waals surface area (Å²) in [5.74, 6) is 2.20. The monoisotopic (exact) mass is 336 g/mol. The quantitative estimate of drug-likeness (QED) is 0.854. The first-order chi connectivity index (χ1) is 11.4. The Morgan fingerprint density at radius 3 is 2.54 bits per heavy atom. The van der Waals surface area contributed by atoms with E-state index < -0.39 is 0 Å². The second-order valence-corrected chi connectivity index (χ2v) is 7.42. The molecule has 1 saturated carbocycles. The lowest BCUT2D eigenvalue weighted by molar-refractivity contribution is -0.142. The molecule has 134 valence electrons. The summed E-state index contributed by atoms with van der Waals surface area (Å²) >= 11 is 0. The average Bonchev–Trinajstić information content (AvgIpc) is 3.25. The maximum Gasteiger partial charge on any atom is 0.244 e. The third kappa shape index (κ3) is 4.13. The van der Waals surface area contributed by atoms with Crippen molar-refractivity contribution >= 4 is 5.91 Å². The van der Waals surface area contributed by atoms with Gasteiger partial charge in [0.2, 0.25) is 11.8 Å². The van der Waals surface area contributed by atoms with Gasteiger partial charge in [0.15, 0.2) is 5.82 Å². The highest BCUT2D eigenvalue weighted by molar-refractivity contribution is 5.78. The van der Waals surface area contributed by atoms with Crippen LogP contribution in [-0.2, 0) is 9.53 Å². The van der Waals surface area contributed by atoms with Gasteiger partial charge in [-0.25, -0.2) is 0 Å². The van der Waals surface area contributed by atoms with Gasteiger partial charge < -0.3 is 14.2 Å². The number of aromatic nitrogens is 2. The third-order valence-electron chi connectivity index (χ3n) is 4.58. The first-order valence-electron chi connectivity index (χ1n) is 8.94. The van der Waals surface area contributed by atoms with Gasteiger partial charge in [-0.3, -0.25) is 10.1 Å². The van der Waals surface area contributed by atoms with Crippen molar-refractivity contribution in [2.24, 2.45) is 5.92 Å². The average molecular weight is 336 g/mol. The molecule has 0 spiro atoms. The van der Waals surface area contributed by atoms with E-state index >= 15 is 0 Å². The molecule has 1 aliphatic carbocycles. The Morgan fingerprint density at radius 1 is 1.29 bits per heavy atom. The lowest BCUT2D eigenvalue weighted by atomic mass is 10.0. The molecule has 1 amide bonds. The largest absolute Gasteiger partial charge is 0.372 e. The van der Waals surface area contributed by atoms with Crippen LogP contribution in [-0.4, -0.2) is 52.8 Å². The predicted octanol–water partition coefficient (Wildman–Crippen LogP) is 1.87. The molecule has 0 aromatic carbocycles. The van der Waals surface area contributed by atoms with Crippen molar-refractivity contribution in [1.29, 1.82) is 0 Å². The Hall–Kier alpha value is -1.47. The summed E-state index contributed by atoms with van der Waals surface area (Å²) < 4.78 is 11.1. The minimum absolute atomic E-state index is 0.0793. The third-order valence-corrected chi connectivity index (χ3v) is 4.58. The van der Waals surface area contributed by atoms with Crippen molar-refractivity contribution in [3.63, 3.8) is 0 Å². The number of ether oxygens (including phenoxy) is 1. The molecule has 3 unspecified atom stereocenters. The summed E-state index contributed by atoms with van der Waals surface area (Å²) in [5, 5.41) is 7.39. The number of nitrogens with one attached hydrogen (secondary N) is 1. The van der Waals surface area contributed by atoms with Crippen molar-refractivity contribution in [2.75, 3.05) is 19.6 Å². The lowest BCUT2D eigenvalue weighted by Gasteiger charge is -2.35. The number of hydrogen-bond donors (Lipinski definition) is 1. The summed E-state index contributed by atoms with van der Waals surface area (Å²) in [6, 6.07) is -0.107. The minimum Gasteiger partial charge on any atom is -0.372 e. The van der Waals surface area contributed by atoms with Crippen molar-refractivity contribution < 1.29 is 14.1 Å². The summed E-state index contributed by atoms with van der Waals surface area (Å²) in [4.78, 5) is 18.9. The van der Waals surface area contributed by atoms with Gasteiger partial charge in [-0.1, -0.05) is 19.0 Å². The SMILES string of the molecule is CC1CN(C(=O)CNC(c2nc(C3CC3)no2)C(C)C)CC(C)O1. The van der Waals surface area contributed by atoms with Crippen LogP contribution in [0.4, 0.5) is 0 Å². The van der Waals surface area contributed by atoms with Crippen molar-refractivity contribution in [1.82, 2.24) is 20.4 Å². The van der Waals surface area contributed by atoms with Gasteiger partial charge in [0.1, 0.15) is 0 Å². The second-order valence-electron chi connectivity index (χ2n) is 7.42. The van der Waals surface area contributed by atoms with E-state index in [0.717, 1.165) is 18.7 Å². The van der Waals surface area contributed by atoms with E-state index in [1.54, 1.807) is 0 Å². The van der Waals surface area contributed by atoms with E-state index in [1.807, 2.05) is 18.7 Å². The van der Waals surface area contributed by atoms with Gasteiger partial charge in [-0.2, -0.15) is 4.98 Å². The molecule has 1 saturated heterocycles. The zero-order valence-corrected chi connectivity index (χ0v) is 15.0. The number of rotatable bonds is 6. The van der Waals surface area contributed by atoms with E-state index in [9.17, 15) is 4.79 Å². The number of amides is 1. The Balaban J connectivity index is 1.58. The molecule has 3 atom stereocenters. The maximum atomic E-state index is 12.5. The highest BCUT2D eigenvalue weighted by Crippen LogP contribution is 2.38. The van der Waals surface area contributed by atoms with Crippen LogP contribution in [0.25, 0.3) is 0 Å². The fourth-order valence-electron chi connectivity index (χ4n) is 3.18. The van der Waals surface area contributed by atoms with Crippen LogP contribution in [0.1, 0.15) is 64.2 Å². The number of hydrogen-bond acceptors (Lipinski definition) is 6. The molecule has 7 heteroatoms. The van der Waals surface area contributed by atoms with Gasteiger partial charge in [-0.05, 0) is 32.6 Å². The van der Waals surface area contributed by atoms with Gasteiger partial charge in [-0.15, -0.1) is 0 Å². The zero-order chi connectivity index (χ0) is 17.3. The molecule has 2 aliphatic rings. The standard InChI is InChI=1S/C17H28N4O3/c1-10(2)15(17-19-16(20-24-17)13-5-6-13)18-7-14(22)21-8-11(3)23-12(4)9-21/h10-13,15,18H,5-9H2,1-4H3. The molecule has 24 heavy (non-hydrogen) atoms. The smallest absolute Gasteiger partial charge is 0.244 e. The normalized spacial score (nSPS) is 26.0. The van der Waals surface area contributed by atoms with Crippen LogP contribution < -0.4 is 5.32 Å². The number of nitrogens with zero attached hydrogens (tertiary/aromatic N) is 3. The topological polar surface area (TPSA) is 80.5 Å². The molecule has 1 aliphatic heterocycles. The molecule has 0 radical (unpaired) electrons. The summed E-state index contributed by atoms with van der Waals surface area (Å²) in [6.07, 6.45) is 2.45. The predicted molar refractivity (Wildman–Crippen MR) is 88.4 cm³/mol. The molecule has 0 bridgehead atoms. The molecule has 7 nitrogen and oxygen atoms in total. The highest BCUT2D eigenvalue weighted by atomic mass is 16.5. The van der Waals surface area contributed by atoms with Crippen LogP contribution in [0.2, 0.25) is 0 Å². The van der Waals surface area contributed by atoms with E-state index in [2.05, 4.69) is 29.3 Å². The molecule has 1 N–H and O–H groups in total. The van der Waals surface area contributed by atoms with Gasteiger partial charge >= 0.3 is 0 Å². The van der Waals surface area contributed by atoms with E-state index in [-0.39, 0.29) is 36.6 Å². The fraction of sp³-hybridized carbons (Fsp3) is 0.824. The van der Waals surface area contributed by atoms with E-state index in [4.69, 9.17) is 9.26 Å². The lowest BCUT2D eigenvalue weighted by Crippen LogP contribution is -2.51. The summed E-state index contributed by atoms with van der Waals surface area (Å²) in [7, 11) is 0. The van der Waals surface area contributed by atoms with Gasteiger partial charge in [0.25, 0.3) is 0 Å². The van der Waals surface area contributed by atoms with Crippen molar-refractivity contribution in [2.45, 2.75) is 64.7 Å². The first kappa shape index (κ1) is 17.4. The minimum atomic E-state index is -0.107. The van der Waals surface area contributed by atoms with Gasteiger partial charge in [0.05, 0.1) is 24.8 Å². The van der Waals surface area contributed by atoms with Crippen LogP contribution in [0.3, 0.4) is 0 Å². The van der Waals surface area contributed by atoms with E-state index in [0.29, 0.717) is 24.9 Å². The molecular formula is C17H28N4O3. The van der Waals surface area contributed by atoms with Crippen LogP contribution in [0, 0.1) is 5.92 Å². The fourth-order valence-corrected chi connectivity index (χ4v) is 3.18. The van der Waals surface area contributed by atoms with Crippen LogP contribution in [0.5, 0.6) is 0 Å². The highest BCUT2D eigenvalue weighted by Gasteiger charge is 2.32. The zero-order valence-electron chi connectivity index (χ0n) is 15.0. The first-order valence-corrected chi connectivity index (χ1v) is 8.94. The number of morpholine rings is 1. The van der Waals surface area contributed by atoms with Gasteiger partial charge in [0, 0.05) is 19.0 Å². The summed E-state index contributed by atoms with van der Waals surface area (Å²) in [6.45, 7) is 9.72. The Labute approximate surface area is 143 Å². The van der Waals surface area contributed by atoms with Crippen molar-refractivity contribution in [3.8, 4) is 0 Å². The molecule has 1 aromatic rings. The molecular weight excluding hydrogens is 308 g/mol. The van der Waals surface area contributed by atoms with Crippen molar-refractivity contribution in [3.05, 3.63) is 11.7 Å². The molecule has 2 fully saturated rings. The van der Waals surface area contributed by atoms with Crippen LogP contribution >= 0.6 is 0 Å².